The molecule has 3 rings (SSSR count). The van der Waals surface area contributed by atoms with Crippen LogP contribution in [0.3, 0.4) is 0 Å². The fourth-order valence-electron chi connectivity index (χ4n) is 2.92. The number of fused-ring (bicyclic) bond motifs is 1. The molecule has 3 aromatic rings. The molecular weight excluding hydrogens is 335 g/mol. The number of benzene rings is 3. The average molecular weight is 350 g/mol. The second-order valence-electron chi connectivity index (χ2n) is 5.93. The molecule has 5 heteroatoms. The summed E-state index contributed by atoms with van der Waals surface area (Å²) in [7, 11) is 0. The van der Waals surface area contributed by atoms with Crippen molar-refractivity contribution in [3.05, 3.63) is 71.3 Å². The first kappa shape index (κ1) is 17.4. The van der Waals surface area contributed by atoms with E-state index in [1.807, 2.05) is 24.3 Å². The fourth-order valence-corrected chi connectivity index (χ4v) is 2.92. The third-order valence-corrected chi connectivity index (χ3v) is 4.14. The first-order valence-corrected chi connectivity index (χ1v) is 7.89. The van der Waals surface area contributed by atoms with Crippen molar-refractivity contribution < 1.29 is 22.0 Å². The Morgan fingerprint density at radius 3 is 2.08 bits per heavy atom. The summed E-state index contributed by atoms with van der Waals surface area (Å²) in [5.41, 5.74) is 0.854. The van der Waals surface area contributed by atoms with E-state index in [1.165, 1.54) is 23.8 Å². The summed E-state index contributed by atoms with van der Waals surface area (Å²) in [4.78, 5) is 0. The summed E-state index contributed by atoms with van der Waals surface area (Å²) < 4.78 is 66.3. The molecule has 25 heavy (non-hydrogen) atoms. The van der Waals surface area contributed by atoms with Gasteiger partial charge in [-0.05, 0) is 40.6 Å². The lowest BCUT2D eigenvalue weighted by Crippen LogP contribution is -2.11. The van der Waals surface area contributed by atoms with Crippen molar-refractivity contribution in [2.24, 2.45) is 0 Å². The van der Waals surface area contributed by atoms with Crippen molar-refractivity contribution in [3.8, 4) is 11.1 Å². The highest BCUT2D eigenvalue weighted by molar-refractivity contribution is 5.88. The van der Waals surface area contributed by atoms with Crippen LogP contribution in [0.4, 0.5) is 22.0 Å². The Bertz CT molecular complexity index is 908. The third-order valence-electron chi connectivity index (χ3n) is 4.14. The van der Waals surface area contributed by atoms with Crippen molar-refractivity contribution in [1.29, 1.82) is 0 Å². The summed E-state index contributed by atoms with van der Waals surface area (Å²) in [6.45, 7) is 2.08. The SMILES string of the molecule is CCCc1ccc(-c2ccc3c(F)c(C(F)(F)F)c(F)cc3c2)cc1. The molecule has 0 saturated carbocycles. The number of rotatable bonds is 3. The van der Waals surface area contributed by atoms with Crippen molar-refractivity contribution in [2.45, 2.75) is 25.9 Å². The Balaban J connectivity index is 2.09. The third kappa shape index (κ3) is 3.36. The lowest BCUT2D eigenvalue weighted by molar-refractivity contribution is -0.142. The van der Waals surface area contributed by atoms with Gasteiger partial charge in [-0.25, -0.2) is 8.78 Å². The van der Waals surface area contributed by atoms with E-state index < -0.39 is 23.4 Å². The zero-order valence-electron chi connectivity index (χ0n) is 13.4. The predicted molar refractivity (Wildman–Crippen MR) is 88.3 cm³/mol. The average Bonchev–Trinajstić information content (AvgIpc) is 2.54. The molecule has 0 aliphatic carbocycles. The van der Waals surface area contributed by atoms with Crippen LogP contribution in [0.1, 0.15) is 24.5 Å². The molecule has 0 aromatic heterocycles. The van der Waals surface area contributed by atoms with Gasteiger partial charge in [-0.2, -0.15) is 13.2 Å². The maximum absolute atomic E-state index is 14.1. The van der Waals surface area contributed by atoms with E-state index in [2.05, 4.69) is 6.92 Å². The molecule has 130 valence electrons. The Kier molecular flexibility index (Phi) is 4.50. The molecule has 3 aromatic carbocycles. The molecular formula is C20H15F5. The Morgan fingerprint density at radius 1 is 0.840 bits per heavy atom. The second kappa shape index (κ2) is 6.47. The maximum Gasteiger partial charge on any atom is 0.422 e. The number of hydrogen-bond donors (Lipinski definition) is 0. The van der Waals surface area contributed by atoms with Gasteiger partial charge in [-0.1, -0.05) is 49.7 Å². The molecule has 0 heterocycles. The van der Waals surface area contributed by atoms with Gasteiger partial charge in [0.15, 0.2) is 0 Å². The summed E-state index contributed by atoms with van der Waals surface area (Å²) >= 11 is 0. The minimum Gasteiger partial charge on any atom is -0.206 e. The van der Waals surface area contributed by atoms with Crippen LogP contribution in [0.5, 0.6) is 0 Å². The quantitative estimate of drug-likeness (QED) is 0.458. The highest BCUT2D eigenvalue weighted by atomic mass is 19.4. The smallest absolute Gasteiger partial charge is 0.206 e. The monoisotopic (exact) mass is 350 g/mol. The van der Waals surface area contributed by atoms with Gasteiger partial charge in [-0.3, -0.25) is 0 Å². The van der Waals surface area contributed by atoms with Gasteiger partial charge < -0.3 is 0 Å². The van der Waals surface area contributed by atoms with E-state index in [0.29, 0.717) is 5.56 Å². The Labute approximate surface area is 141 Å². The Morgan fingerprint density at radius 2 is 1.48 bits per heavy atom. The lowest BCUT2D eigenvalue weighted by atomic mass is 9.98. The molecule has 0 nitrogen and oxygen atoms in total. The molecule has 0 fully saturated rings. The molecule has 0 N–H and O–H groups in total. The molecule has 0 amide bonds. The summed E-state index contributed by atoms with van der Waals surface area (Å²) in [6, 6.07) is 12.7. The maximum atomic E-state index is 14.1. The number of aryl methyl sites for hydroxylation is 1. The molecule has 0 unspecified atom stereocenters. The molecule has 0 aliphatic rings. The molecule has 0 aliphatic heterocycles. The van der Waals surface area contributed by atoms with E-state index in [-0.39, 0.29) is 10.8 Å². The van der Waals surface area contributed by atoms with Gasteiger partial charge >= 0.3 is 6.18 Å². The van der Waals surface area contributed by atoms with Crippen LogP contribution in [-0.4, -0.2) is 0 Å². The topological polar surface area (TPSA) is 0 Å². The number of alkyl halides is 3. The van der Waals surface area contributed by atoms with Crippen LogP contribution in [-0.2, 0) is 12.6 Å². The Hall–Kier alpha value is -2.43. The standard InChI is InChI=1S/C20H15F5/c1-2-3-12-4-6-13(7-5-12)14-8-9-16-15(10-14)11-17(21)18(19(16)22)20(23,24)25/h4-11H,2-3H2,1H3. The van der Waals surface area contributed by atoms with Crippen LogP contribution >= 0.6 is 0 Å². The highest BCUT2D eigenvalue weighted by Crippen LogP contribution is 2.37. The minimum atomic E-state index is -5.07. The first-order chi connectivity index (χ1) is 11.8. The molecule has 0 radical (unpaired) electrons. The summed E-state index contributed by atoms with van der Waals surface area (Å²) in [6.07, 6.45) is -3.10. The van der Waals surface area contributed by atoms with Gasteiger partial charge in [0, 0.05) is 5.39 Å². The van der Waals surface area contributed by atoms with E-state index >= 15 is 0 Å². The predicted octanol–water partition coefficient (Wildman–Crippen LogP) is 6.76. The molecule has 0 spiro atoms. The van der Waals surface area contributed by atoms with E-state index in [9.17, 15) is 22.0 Å². The van der Waals surface area contributed by atoms with Crippen molar-refractivity contribution >= 4 is 10.8 Å². The van der Waals surface area contributed by atoms with Gasteiger partial charge in [0.1, 0.15) is 17.2 Å². The van der Waals surface area contributed by atoms with Crippen LogP contribution in [0, 0.1) is 11.6 Å². The molecule has 0 bridgehead atoms. The van der Waals surface area contributed by atoms with Crippen molar-refractivity contribution in [1.82, 2.24) is 0 Å². The van der Waals surface area contributed by atoms with Crippen LogP contribution in [0.25, 0.3) is 21.9 Å². The largest absolute Gasteiger partial charge is 0.422 e. The second-order valence-corrected chi connectivity index (χ2v) is 5.93. The van der Waals surface area contributed by atoms with Crippen LogP contribution in [0.15, 0.2) is 48.5 Å². The van der Waals surface area contributed by atoms with Crippen molar-refractivity contribution in [2.75, 3.05) is 0 Å². The number of hydrogen-bond acceptors (Lipinski definition) is 0. The lowest BCUT2D eigenvalue weighted by Gasteiger charge is -2.12. The van der Waals surface area contributed by atoms with Gasteiger partial charge in [0.2, 0.25) is 0 Å². The van der Waals surface area contributed by atoms with Crippen LogP contribution < -0.4 is 0 Å². The zero-order valence-corrected chi connectivity index (χ0v) is 13.4. The van der Waals surface area contributed by atoms with Crippen LogP contribution in [0.2, 0.25) is 0 Å². The molecule has 0 saturated heterocycles. The summed E-state index contributed by atoms with van der Waals surface area (Å²) in [5, 5.41) is -0.154. The normalized spacial score (nSPS) is 11.9. The van der Waals surface area contributed by atoms with Gasteiger partial charge in [0.05, 0.1) is 0 Å². The minimum absolute atomic E-state index is 0.0955. The van der Waals surface area contributed by atoms with Crippen molar-refractivity contribution in [3.63, 3.8) is 0 Å². The van der Waals surface area contributed by atoms with E-state index in [4.69, 9.17) is 0 Å². The first-order valence-electron chi connectivity index (χ1n) is 7.89. The summed E-state index contributed by atoms with van der Waals surface area (Å²) in [5.74, 6) is -3.18. The van der Waals surface area contributed by atoms with Gasteiger partial charge in [0.25, 0.3) is 0 Å². The van der Waals surface area contributed by atoms with Gasteiger partial charge in [-0.15, -0.1) is 0 Å². The number of halogens is 5. The fraction of sp³-hybridized carbons (Fsp3) is 0.200. The van der Waals surface area contributed by atoms with E-state index in [1.54, 1.807) is 0 Å². The zero-order chi connectivity index (χ0) is 18.2. The molecule has 0 atom stereocenters. The van der Waals surface area contributed by atoms with E-state index in [0.717, 1.165) is 24.5 Å². The highest BCUT2D eigenvalue weighted by Gasteiger charge is 2.38.